The minimum atomic E-state index is -0.261. The molecule has 6 heterocycles. The fourth-order valence-electron chi connectivity index (χ4n) is 5.10. The zero-order valence-electron chi connectivity index (χ0n) is 20.7. The number of pyridine rings is 2. The molecular formula is C25H28N8O3S. The van der Waals surface area contributed by atoms with Crippen LogP contribution in [0.5, 0.6) is 0 Å². The number of aromatic nitrogens is 6. The standard InChI is InChI=1S/C25H28N8O3S/c1-25(2)5-3-6-31(25)7-4-19(35)28-16-10-17-21(26-12-16)22-20(23(36)29-17)24-33(30-22)14-18(37-24)15-11-27-32(13-15)8-9-34/h10-14,34H,3-9H2,1-2H3,(H,28,35)(H,29,36). The van der Waals surface area contributed by atoms with E-state index in [1.54, 1.807) is 27.7 Å². The number of nitrogens with one attached hydrogen (secondary N) is 2. The lowest BCUT2D eigenvalue weighted by atomic mass is 10.0. The zero-order chi connectivity index (χ0) is 25.7. The highest BCUT2D eigenvalue weighted by Crippen LogP contribution is 2.33. The van der Waals surface area contributed by atoms with Gasteiger partial charge in [0.1, 0.15) is 21.3 Å². The molecule has 12 heteroatoms. The maximum atomic E-state index is 13.1. The average molecular weight is 521 g/mol. The molecule has 1 aliphatic heterocycles. The number of fused-ring (bicyclic) bond motifs is 5. The van der Waals surface area contributed by atoms with Crippen molar-refractivity contribution in [3.63, 3.8) is 0 Å². The molecule has 0 aliphatic carbocycles. The van der Waals surface area contributed by atoms with Crippen LogP contribution >= 0.6 is 11.3 Å². The van der Waals surface area contributed by atoms with Crippen LogP contribution in [0.15, 0.2) is 35.6 Å². The number of amides is 1. The molecule has 1 saturated heterocycles. The third-order valence-corrected chi connectivity index (χ3v) is 8.26. The molecular weight excluding hydrogens is 492 g/mol. The molecule has 5 aromatic heterocycles. The molecule has 0 radical (unpaired) electrons. The number of aromatic amines is 1. The number of nitrogens with zero attached hydrogens (tertiary/aromatic N) is 6. The van der Waals surface area contributed by atoms with Crippen LogP contribution in [-0.4, -0.2) is 70.5 Å². The van der Waals surface area contributed by atoms with E-state index >= 15 is 0 Å². The predicted octanol–water partition coefficient (Wildman–Crippen LogP) is 2.84. The molecule has 6 rings (SSSR count). The second kappa shape index (κ2) is 9.05. The van der Waals surface area contributed by atoms with Crippen molar-refractivity contribution < 1.29 is 9.90 Å². The van der Waals surface area contributed by atoms with Gasteiger partial charge in [0.05, 0.1) is 41.6 Å². The Morgan fingerprint density at radius 3 is 2.89 bits per heavy atom. The van der Waals surface area contributed by atoms with Crippen molar-refractivity contribution in [2.45, 2.75) is 45.2 Å². The molecule has 37 heavy (non-hydrogen) atoms. The highest BCUT2D eigenvalue weighted by atomic mass is 32.1. The van der Waals surface area contributed by atoms with Crippen molar-refractivity contribution in [1.29, 1.82) is 0 Å². The van der Waals surface area contributed by atoms with Crippen LogP contribution in [0.1, 0.15) is 33.1 Å². The highest BCUT2D eigenvalue weighted by molar-refractivity contribution is 7.21. The third-order valence-electron chi connectivity index (χ3n) is 7.11. The number of H-pyrrole nitrogens is 1. The van der Waals surface area contributed by atoms with Gasteiger partial charge in [0, 0.05) is 36.5 Å². The highest BCUT2D eigenvalue weighted by Gasteiger charge is 2.31. The zero-order valence-corrected chi connectivity index (χ0v) is 21.5. The van der Waals surface area contributed by atoms with Crippen LogP contribution in [0.25, 0.3) is 37.2 Å². The van der Waals surface area contributed by atoms with Crippen LogP contribution in [-0.2, 0) is 11.3 Å². The van der Waals surface area contributed by atoms with Gasteiger partial charge in [-0.25, -0.2) is 4.52 Å². The molecule has 192 valence electrons. The van der Waals surface area contributed by atoms with Crippen LogP contribution < -0.4 is 10.9 Å². The van der Waals surface area contributed by atoms with Gasteiger partial charge in [-0.15, -0.1) is 11.3 Å². The van der Waals surface area contributed by atoms with E-state index in [0.29, 0.717) is 52.0 Å². The molecule has 0 aromatic carbocycles. The summed E-state index contributed by atoms with van der Waals surface area (Å²) in [4.78, 5) is 37.1. The Bertz CT molecular complexity index is 1690. The number of aliphatic hydroxyl groups excluding tert-OH is 1. The summed E-state index contributed by atoms with van der Waals surface area (Å²) in [5, 5.41) is 21.4. The minimum Gasteiger partial charge on any atom is -0.394 e. The van der Waals surface area contributed by atoms with Gasteiger partial charge in [-0.3, -0.25) is 24.2 Å². The Kier molecular flexibility index (Phi) is 5.81. The normalized spacial score (nSPS) is 15.9. The maximum Gasteiger partial charge on any atom is 0.261 e. The second-order valence-electron chi connectivity index (χ2n) is 10.1. The number of likely N-dealkylation sites (tertiary alicyclic amines) is 1. The number of rotatable bonds is 7. The van der Waals surface area contributed by atoms with Gasteiger partial charge in [0.25, 0.3) is 5.56 Å². The Hall–Kier alpha value is -3.61. The quantitative estimate of drug-likeness (QED) is 0.300. The van der Waals surface area contributed by atoms with Crippen LogP contribution in [0.3, 0.4) is 0 Å². The molecule has 1 aliphatic rings. The molecule has 0 spiro atoms. The summed E-state index contributed by atoms with van der Waals surface area (Å²) in [6.07, 6.45) is 9.75. The van der Waals surface area contributed by atoms with E-state index in [1.807, 2.05) is 12.4 Å². The number of hydrogen-bond donors (Lipinski definition) is 3. The average Bonchev–Trinajstić information content (AvgIpc) is 3.61. The first-order chi connectivity index (χ1) is 17.8. The second-order valence-corrected chi connectivity index (χ2v) is 11.1. The van der Waals surface area contributed by atoms with E-state index in [-0.39, 0.29) is 23.6 Å². The number of carbonyl (C=O) groups excluding carboxylic acids is 1. The van der Waals surface area contributed by atoms with Crippen molar-refractivity contribution in [1.82, 2.24) is 34.3 Å². The Morgan fingerprint density at radius 1 is 1.24 bits per heavy atom. The largest absolute Gasteiger partial charge is 0.394 e. The van der Waals surface area contributed by atoms with Gasteiger partial charge in [-0.05, 0) is 39.3 Å². The van der Waals surface area contributed by atoms with E-state index in [0.717, 1.165) is 29.8 Å². The van der Waals surface area contributed by atoms with Crippen molar-refractivity contribution in [2.24, 2.45) is 0 Å². The fourth-order valence-corrected chi connectivity index (χ4v) is 6.17. The summed E-state index contributed by atoms with van der Waals surface area (Å²) in [5.74, 6) is -0.0791. The first-order valence-corrected chi connectivity index (χ1v) is 13.2. The van der Waals surface area contributed by atoms with Crippen molar-refractivity contribution in [3.05, 3.63) is 41.2 Å². The maximum absolute atomic E-state index is 13.1. The van der Waals surface area contributed by atoms with Crippen LogP contribution in [0, 0.1) is 0 Å². The van der Waals surface area contributed by atoms with Crippen LogP contribution in [0.4, 0.5) is 5.69 Å². The van der Waals surface area contributed by atoms with E-state index in [4.69, 9.17) is 5.11 Å². The number of aliphatic hydroxyl groups is 1. The Balaban J connectivity index is 1.26. The Morgan fingerprint density at radius 2 is 2.11 bits per heavy atom. The summed E-state index contributed by atoms with van der Waals surface area (Å²) in [6, 6.07) is 1.73. The predicted molar refractivity (Wildman–Crippen MR) is 143 cm³/mol. The first kappa shape index (κ1) is 23.8. The number of hydrogen-bond acceptors (Lipinski definition) is 8. The van der Waals surface area contributed by atoms with Gasteiger partial charge in [0.2, 0.25) is 5.91 Å². The number of carbonyl (C=O) groups is 1. The fraction of sp³-hybridized carbons (Fsp3) is 0.400. The summed E-state index contributed by atoms with van der Waals surface area (Å²) in [7, 11) is 0. The molecule has 1 amide bonds. The SMILES string of the molecule is CC1(C)CCCN1CCC(=O)Nc1cnc2c(c1)[nH]c(=O)c1c2nn2cc(-c3cnn(CCO)c3)sc12. The molecule has 11 nitrogen and oxygen atoms in total. The van der Waals surface area contributed by atoms with Gasteiger partial charge in [-0.2, -0.15) is 10.2 Å². The lowest BCUT2D eigenvalue weighted by Gasteiger charge is -2.31. The van der Waals surface area contributed by atoms with E-state index in [2.05, 4.69) is 44.2 Å². The van der Waals surface area contributed by atoms with Crippen molar-refractivity contribution in [2.75, 3.05) is 25.0 Å². The molecule has 3 N–H and O–H groups in total. The van der Waals surface area contributed by atoms with Gasteiger partial charge in [0.15, 0.2) is 0 Å². The van der Waals surface area contributed by atoms with Gasteiger partial charge in [-0.1, -0.05) is 0 Å². The van der Waals surface area contributed by atoms with E-state index in [9.17, 15) is 9.59 Å². The molecule has 0 unspecified atom stereocenters. The van der Waals surface area contributed by atoms with E-state index in [1.165, 1.54) is 11.3 Å². The minimum absolute atomic E-state index is 0.0112. The summed E-state index contributed by atoms with van der Waals surface area (Å²) in [5.41, 5.74) is 2.91. The van der Waals surface area contributed by atoms with E-state index < -0.39 is 0 Å². The summed E-state index contributed by atoms with van der Waals surface area (Å²) < 4.78 is 3.36. The topological polar surface area (TPSA) is 133 Å². The third kappa shape index (κ3) is 4.30. The smallest absolute Gasteiger partial charge is 0.261 e. The lowest BCUT2D eigenvalue weighted by molar-refractivity contribution is -0.116. The van der Waals surface area contributed by atoms with Crippen molar-refractivity contribution in [3.8, 4) is 10.4 Å². The number of anilines is 1. The van der Waals surface area contributed by atoms with Crippen molar-refractivity contribution >= 4 is 49.7 Å². The molecule has 0 saturated carbocycles. The van der Waals surface area contributed by atoms with Crippen LogP contribution in [0.2, 0.25) is 0 Å². The lowest BCUT2D eigenvalue weighted by Crippen LogP contribution is -2.39. The summed E-state index contributed by atoms with van der Waals surface area (Å²) in [6.45, 7) is 6.60. The summed E-state index contributed by atoms with van der Waals surface area (Å²) >= 11 is 1.44. The molecule has 0 atom stereocenters. The number of thiazole rings is 1. The monoisotopic (exact) mass is 520 g/mol. The van der Waals surface area contributed by atoms with Gasteiger partial charge < -0.3 is 15.4 Å². The molecule has 0 bridgehead atoms. The van der Waals surface area contributed by atoms with Gasteiger partial charge >= 0.3 is 0 Å². The Labute approximate surface area is 215 Å². The molecule has 5 aromatic rings. The first-order valence-electron chi connectivity index (χ1n) is 12.3. The molecule has 1 fully saturated rings.